The lowest BCUT2D eigenvalue weighted by molar-refractivity contribution is -0.118. The van der Waals surface area contributed by atoms with Gasteiger partial charge in [-0.1, -0.05) is 0 Å². The number of nitrogens with one attached hydrogen (secondary N) is 1. The lowest BCUT2D eigenvalue weighted by Crippen LogP contribution is -2.41. The molecule has 8 nitrogen and oxygen atoms in total. The Morgan fingerprint density at radius 3 is 1.82 bits per heavy atom. The number of hydrogen-bond donors (Lipinski definition) is 2. The molecule has 3 aromatic rings. The van der Waals surface area contributed by atoms with Crippen LogP contribution in [0.1, 0.15) is 15.9 Å². The molecular formula is C23H17F6N3O5S. The van der Waals surface area contributed by atoms with Crippen LogP contribution in [0.5, 0.6) is 0 Å². The molecule has 3 aromatic carbocycles. The van der Waals surface area contributed by atoms with Crippen molar-refractivity contribution in [2.24, 2.45) is 0 Å². The third-order valence-corrected chi connectivity index (χ3v) is 7.20. The lowest BCUT2D eigenvalue weighted by atomic mass is 10.1. The third-order valence-electron chi connectivity index (χ3n) is 5.39. The predicted octanol–water partition coefficient (Wildman–Crippen LogP) is 3.49. The van der Waals surface area contributed by atoms with E-state index in [0.717, 1.165) is 29.2 Å². The van der Waals surface area contributed by atoms with E-state index in [1.54, 1.807) is 0 Å². The molecule has 0 unspecified atom stereocenters. The summed E-state index contributed by atoms with van der Waals surface area (Å²) in [6, 6.07) is 8.02. The predicted molar refractivity (Wildman–Crippen MR) is 119 cm³/mol. The second-order valence-corrected chi connectivity index (χ2v) is 9.65. The van der Waals surface area contributed by atoms with Gasteiger partial charge in [0.2, 0.25) is 21.7 Å². The first-order valence-corrected chi connectivity index (χ1v) is 11.8. The Kier molecular flexibility index (Phi) is 8.44. The number of benzene rings is 3. The number of hydroxylamine groups is 1. The monoisotopic (exact) mass is 561 g/mol. The van der Waals surface area contributed by atoms with E-state index in [-0.39, 0.29) is 15.6 Å². The number of halogens is 6. The second-order valence-electron chi connectivity index (χ2n) is 7.72. The number of nitrogens with zero attached hydrogens (tertiary/aromatic N) is 2. The number of carbonyl (C=O) groups is 2. The summed E-state index contributed by atoms with van der Waals surface area (Å²) in [5.41, 5.74) is 0.00613. The van der Waals surface area contributed by atoms with Gasteiger partial charge >= 0.3 is 0 Å². The maximum absolute atomic E-state index is 14.4. The molecule has 0 radical (unpaired) electrons. The van der Waals surface area contributed by atoms with Crippen LogP contribution < -0.4 is 10.4 Å². The zero-order chi connectivity index (χ0) is 28.4. The first-order valence-electron chi connectivity index (χ1n) is 10.4. The van der Waals surface area contributed by atoms with Gasteiger partial charge in [-0.05, 0) is 48.5 Å². The SMILES string of the molecule is CN(C(=O)CN(Cc1c(F)c(F)c(F)c(F)c1F)S(=O)(=O)c1ccc(F)cc1)c1ccc(C(=O)NO)cc1. The molecule has 0 saturated heterocycles. The minimum Gasteiger partial charge on any atom is -0.314 e. The van der Waals surface area contributed by atoms with Gasteiger partial charge in [-0.25, -0.2) is 40.2 Å². The average molecular weight is 561 g/mol. The number of carbonyl (C=O) groups excluding carboxylic acids is 2. The van der Waals surface area contributed by atoms with Crippen LogP contribution >= 0.6 is 0 Å². The molecule has 0 aromatic heterocycles. The van der Waals surface area contributed by atoms with Crippen LogP contribution in [0.3, 0.4) is 0 Å². The molecule has 0 bridgehead atoms. The van der Waals surface area contributed by atoms with Crippen LogP contribution in [0.15, 0.2) is 53.4 Å². The first kappa shape index (κ1) is 28.6. The van der Waals surface area contributed by atoms with Crippen LogP contribution in [-0.4, -0.2) is 43.3 Å². The molecule has 0 aliphatic heterocycles. The molecule has 0 fully saturated rings. The lowest BCUT2D eigenvalue weighted by Gasteiger charge is -2.25. The van der Waals surface area contributed by atoms with Gasteiger partial charge in [0.05, 0.1) is 11.4 Å². The largest absolute Gasteiger partial charge is 0.314 e. The van der Waals surface area contributed by atoms with E-state index in [4.69, 9.17) is 5.21 Å². The highest BCUT2D eigenvalue weighted by molar-refractivity contribution is 7.89. The molecule has 38 heavy (non-hydrogen) atoms. The maximum Gasteiger partial charge on any atom is 0.274 e. The fraction of sp³-hybridized carbons (Fsp3) is 0.130. The molecule has 0 spiro atoms. The fourth-order valence-corrected chi connectivity index (χ4v) is 4.61. The van der Waals surface area contributed by atoms with Gasteiger partial charge in [-0.2, -0.15) is 4.31 Å². The van der Waals surface area contributed by atoms with Crippen LogP contribution in [0, 0.1) is 34.9 Å². The number of likely N-dealkylation sites (N-methyl/N-ethyl adjacent to an activating group) is 1. The van der Waals surface area contributed by atoms with E-state index >= 15 is 0 Å². The summed E-state index contributed by atoms with van der Waals surface area (Å²) in [5, 5.41) is 8.68. The average Bonchev–Trinajstić information content (AvgIpc) is 2.91. The molecule has 0 heterocycles. The Balaban J connectivity index is 2.01. The minimum absolute atomic E-state index is 0.00364. The number of rotatable bonds is 8. The van der Waals surface area contributed by atoms with Crippen LogP contribution in [0.2, 0.25) is 0 Å². The van der Waals surface area contributed by atoms with Gasteiger partial charge < -0.3 is 4.90 Å². The topological polar surface area (TPSA) is 107 Å². The summed E-state index contributed by atoms with van der Waals surface area (Å²) in [4.78, 5) is 24.7. The number of sulfonamides is 1. The van der Waals surface area contributed by atoms with Crippen molar-refractivity contribution in [3.05, 3.63) is 94.6 Å². The molecule has 0 saturated carbocycles. The molecular weight excluding hydrogens is 544 g/mol. The van der Waals surface area contributed by atoms with Gasteiger partial charge in [0.1, 0.15) is 5.82 Å². The molecule has 202 valence electrons. The molecule has 3 rings (SSSR count). The van der Waals surface area contributed by atoms with E-state index in [9.17, 15) is 44.3 Å². The van der Waals surface area contributed by atoms with Gasteiger partial charge in [0.25, 0.3) is 5.91 Å². The van der Waals surface area contributed by atoms with Crippen molar-refractivity contribution < 1.29 is 49.6 Å². The molecule has 0 aliphatic rings. The minimum atomic E-state index is -4.85. The van der Waals surface area contributed by atoms with Crippen molar-refractivity contribution in [3.63, 3.8) is 0 Å². The van der Waals surface area contributed by atoms with Crippen molar-refractivity contribution in [2.45, 2.75) is 11.4 Å². The molecule has 0 atom stereocenters. The second kappa shape index (κ2) is 11.2. The number of anilines is 1. The van der Waals surface area contributed by atoms with E-state index in [1.165, 1.54) is 36.8 Å². The van der Waals surface area contributed by atoms with Crippen LogP contribution in [0.4, 0.5) is 32.0 Å². The van der Waals surface area contributed by atoms with Crippen molar-refractivity contribution in [3.8, 4) is 0 Å². The van der Waals surface area contributed by atoms with E-state index in [1.807, 2.05) is 0 Å². The normalized spacial score (nSPS) is 11.5. The summed E-state index contributed by atoms with van der Waals surface area (Å²) in [5.74, 6) is -14.4. The summed E-state index contributed by atoms with van der Waals surface area (Å²) < 4.78 is 110. The highest BCUT2D eigenvalue weighted by Gasteiger charge is 2.33. The zero-order valence-corrected chi connectivity index (χ0v) is 20.0. The van der Waals surface area contributed by atoms with E-state index in [0.29, 0.717) is 0 Å². The summed E-state index contributed by atoms with van der Waals surface area (Å²) in [7, 11) is -3.67. The summed E-state index contributed by atoms with van der Waals surface area (Å²) in [6.45, 7) is -2.59. The maximum atomic E-state index is 14.4. The summed E-state index contributed by atoms with van der Waals surface area (Å²) in [6.07, 6.45) is 0. The Bertz CT molecular complexity index is 1460. The first-order chi connectivity index (χ1) is 17.8. The molecule has 2 amide bonds. The van der Waals surface area contributed by atoms with Gasteiger partial charge in [0.15, 0.2) is 23.3 Å². The van der Waals surface area contributed by atoms with E-state index in [2.05, 4.69) is 0 Å². The molecule has 15 heteroatoms. The Hall–Kier alpha value is -3.95. The highest BCUT2D eigenvalue weighted by Crippen LogP contribution is 2.27. The van der Waals surface area contributed by atoms with E-state index < -0.39 is 80.3 Å². The molecule has 2 N–H and O–H groups in total. The zero-order valence-electron chi connectivity index (χ0n) is 19.2. The van der Waals surface area contributed by atoms with Crippen molar-refractivity contribution >= 4 is 27.5 Å². The Morgan fingerprint density at radius 2 is 1.32 bits per heavy atom. The number of hydrogen-bond acceptors (Lipinski definition) is 5. The highest BCUT2D eigenvalue weighted by atomic mass is 32.2. The van der Waals surface area contributed by atoms with Crippen molar-refractivity contribution in [1.82, 2.24) is 9.79 Å². The van der Waals surface area contributed by atoms with Crippen molar-refractivity contribution in [2.75, 3.05) is 18.5 Å². The summed E-state index contributed by atoms with van der Waals surface area (Å²) >= 11 is 0. The van der Waals surface area contributed by atoms with Gasteiger partial charge in [-0.15, -0.1) is 0 Å². The third kappa shape index (κ3) is 5.64. The van der Waals surface area contributed by atoms with Gasteiger partial charge in [0, 0.05) is 30.4 Å². The Morgan fingerprint density at radius 1 is 0.816 bits per heavy atom. The van der Waals surface area contributed by atoms with Crippen LogP contribution in [0.25, 0.3) is 0 Å². The quantitative estimate of drug-likeness (QED) is 0.144. The van der Waals surface area contributed by atoms with Gasteiger partial charge in [-0.3, -0.25) is 14.8 Å². The number of amides is 2. The van der Waals surface area contributed by atoms with Crippen molar-refractivity contribution in [1.29, 1.82) is 0 Å². The standard InChI is InChI=1S/C23H17F6N3O5S/c1-31(14-6-2-12(3-7-14)23(34)30-35)17(33)11-32(38(36,37)15-8-4-13(24)5-9-15)10-16-18(25)20(27)22(29)21(28)19(16)26/h2-9,35H,10-11H2,1H3,(H,30,34). The smallest absolute Gasteiger partial charge is 0.274 e. The molecule has 0 aliphatic carbocycles. The fourth-order valence-electron chi connectivity index (χ4n) is 3.25. The van der Waals surface area contributed by atoms with Crippen LogP contribution in [-0.2, 0) is 21.4 Å². The Labute approximate surface area is 211 Å².